The van der Waals surface area contributed by atoms with E-state index in [2.05, 4.69) is 15.9 Å². The quantitative estimate of drug-likeness (QED) is 0.779. The van der Waals surface area contributed by atoms with E-state index in [0.717, 1.165) is 6.07 Å². The van der Waals surface area contributed by atoms with Crippen LogP contribution in [0.15, 0.2) is 22.7 Å². The van der Waals surface area contributed by atoms with Crippen LogP contribution in [0.25, 0.3) is 0 Å². The van der Waals surface area contributed by atoms with Crippen molar-refractivity contribution in [3.63, 3.8) is 0 Å². The van der Waals surface area contributed by atoms with Gasteiger partial charge in [-0.05, 0) is 30.2 Å². The number of Topliss-reactive ketones (excluding diaryl/α,β-unsaturated/α-hetero) is 1. The number of hydrogen-bond donors (Lipinski definition) is 0. The Balaban J connectivity index is 2.68. The Morgan fingerprint density at radius 3 is 2.50 bits per heavy atom. The van der Waals surface area contributed by atoms with Gasteiger partial charge in [0.25, 0.3) is 0 Å². The number of aryl methyl sites for hydroxylation is 1. The van der Waals surface area contributed by atoms with Crippen LogP contribution in [-0.2, 0) is 11.2 Å². The van der Waals surface area contributed by atoms with E-state index in [1.165, 1.54) is 12.1 Å². The summed E-state index contributed by atoms with van der Waals surface area (Å²) in [5.41, 5.74) is 0.0898. The van der Waals surface area contributed by atoms with Crippen molar-refractivity contribution < 1.29 is 22.4 Å². The molecular formula is C10H7BrF4O. The highest BCUT2D eigenvalue weighted by Crippen LogP contribution is 2.21. The predicted molar refractivity (Wildman–Crippen MR) is 53.5 cm³/mol. The maximum Gasteiger partial charge on any atom is 0.449 e. The maximum atomic E-state index is 13.1. The molecule has 1 nitrogen and oxygen atoms in total. The van der Waals surface area contributed by atoms with Crippen LogP contribution in [0.4, 0.5) is 17.6 Å². The molecule has 0 aliphatic carbocycles. The van der Waals surface area contributed by atoms with Crippen molar-refractivity contribution in [2.24, 2.45) is 0 Å². The maximum absolute atomic E-state index is 13.1. The number of carbonyl (C=O) groups is 1. The second-order valence-electron chi connectivity index (χ2n) is 3.16. The Bertz CT molecular complexity index is 400. The number of alkyl halides is 3. The first-order valence-electron chi connectivity index (χ1n) is 4.34. The summed E-state index contributed by atoms with van der Waals surface area (Å²) in [6.07, 6.45) is -5.84. The van der Waals surface area contributed by atoms with Crippen molar-refractivity contribution in [3.05, 3.63) is 34.1 Å². The summed E-state index contributed by atoms with van der Waals surface area (Å²) in [6.45, 7) is 0. The Kier molecular flexibility index (Phi) is 4.07. The molecule has 0 heterocycles. The lowest BCUT2D eigenvalue weighted by Crippen LogP contribution is -2.23. The number of rotatable bonds is 3. The number of hydrogen-bond acceptors (Lipinski definition) is 1. The third-order valence-corrected chi connectivity index (χ3v) is 2.44. The van der Waals surface area contributed by atoms with E-state index in [4.69, 9.17) is 0 Å². The zero-order valence-corrected chi connectivity index (χ0v) is 9.53. The summed E-state index contributed by atoms with van der Waals surface area (Å²) >= 11 is 3.07. The first kappa shape index (κ1) is 13.2. The molecule has 0 aliphatic rings. The number of ketones is 1. The van der Waals surface area contributed by atoms with E-state index in [0.29, 0.717) is 4.47 Å². The van der Waals surface area contributed by atoms with Crippen molar-refractivity contribution in [1.29, 1.82) is 0 Å². The molecule has 16 heavy (non-hydrogen) atoms. The summed E-state index contributed by atoms with van der Waals surface area (Å²) in [5, 5.41) is 0. The van der Waals surface area contributed by atoms with E-state index in [-0.39, 0.29) is 12.0 Å². The van der Waals surface area contributed by atoms with Crippen LogP contribution in [0.5, 0.6) is 0 Å². The Morgan fingerprint density at radius 1 is 1.31 bits per heavy atom. The molecule has 88 valence electrons. The summed E-state index contributed by atoms with van der Waals surface area (Å²) in [7, 11) is 0. The van der Waals surface area contributed by atoms with Crippen molar-refractivity contribution in [2.45, 2.75) is 19.0 Å². The van der Waals surface area contributed by atoms with Gasteiger partial charge in [0.2, 0.25) is 5.78 Å². The smallest absolute Gasteiger partial charge is 0.290 e. The number of carbonyl (C=O) groups excluding carboxylic acids is 1. The minimum Gasteiger partial charge on any atom is -0.290 e. The lowest BCUT2D eigenvalue weighted by Gasteiger charge is -2.06. The molecule has 0 bridgehead atoms. The summed E-state index contributed by atoms with van der Waals surface area (Å²) < 4.78 is 49.3. The van der Waals surface area contributed by atoms with Gasteiger partial charge in [0.1, 0.15) is 5.82 Å². The highest BCUT2D eigenvalue weighted by atomic mass is 79.9. The fourth-order valence-corrected chi connectivity index (χ4v) is 1.53. The zero-order valence-electron chi connectivity index (χ0n) is 7.94. The second-order valence-corrected chi connectivity index (χ2v) is 4.07. The summed E-state index contributed by atoms with van der Waals surface area (Å²) in [5.74, 6) is -2.45. The van der Waals surface area contributed by atoms with Gasteiger partial charge in [-0.1, -0.05) is 15.9 Å². The molecule has 0 fully saturated rings. The lowest BCUT2D eigenvalue weighted by molar-refractivity contribution is -0.171. The van der Waals surface area contributed by atoms with Crippen LogP contribution in [-0.4, -0.2) is 12.0 Å². The van der Waals surface area contributed by atoms with Crippen molar-refractivity contribution >= 4 is 21.7 Å². The first-order valence-corrected chi connectivity index (χ1v) is 5.14. The van der Waals surface area contributed by atoms with Gasteiger partial charge in [-0.25, -0.2) is 4.39 Å². The van der Waals surface area contributed by atoms with Gasteiger partial charge < -0.3 is 0 Å². The normalized spacial score (nSPS) is 11.6. The van der Waals surface area contributed by atoms with Crippen LogP contribution in [0.2, 0.25) is 0 Å². The van der Waals surface area contributed by atoms with E-state index in [9.17, 15) is 22.4 Å². The topological polar surface area (TPSA) is 17.1 Å². The van der Waals surface area contributed by atoms with E-state index < -0.39 is 24.2 Å². The molecular weight excluding hydrogens is 292 g/mol. The van der Waals surface area contributed by atoms with Crippen LogP contribution in [0, 0.1) is 5.82 Å². The highest BCUT2D eigenvalue weighted by Gasteiger charge is 2.37. The molecule has 0 saturated carbocycles. The van der Waals surface area contributed by atoms with E-state index in [1.807, 2.05) is 0 Å². The van der Waals surface area contributed by atoms with Crippen molar-refractivity contribution in [3.8, 4) is 0 Å². The monoisotopic (exact) mass is 298 g/mol. The van der Waals surface area contributed by atoms with Gasteiger partial charge in [-0.2, -0.15) is 13.2 Å². The Labute approximate surface area is 97.6 Å². The molecule has 0 saturated heterocycles. The molecule has 0 atom stereocenters. The lowest BCUT2D eigenvalue weighted by atomic mass is 10.1. The van der Waals surface area contributed by atoms with Crippen LogP contribution >= 0.6 is 15.9 Å². The molecule has 1 rings (SSSR count). The number of benzene rings is 1. The zero-order chi connectivity index (χ0) is 12.3. The van der Waals surface area contributed by atoms with Gasteiger partial charge in [0, 0.05) is 10.9 Å². The predicted octanol–water partition coefficient (Wildman–Crippen LogP) is 3.65. The number of halogens is 5. The van der Waals surface area contributed by atoms with Gasteiger partial charge >= 0.3 is 6.18 Å². The van der Waals surface area contributed by atoms with E-state index >= 15 is 0 Å². The largest absolute Gasteiger partial charge is 0.449 e. The molecule has 0 N–H and O–H groups in total. The molecule has 0 radical (unpaired) electrons. The fourth-order valence-electron chi connectivity index (χ4n) is 1.12. The Morgan fingerprint density at radius 2 is 1.94 bits per heavy atom. The van der Waals surface area contributed by atoms with Gasteiger partial charge in [-0.15, -0.1) is 0 Å². The molecule has 1 aromatic carbocycles. The third kappa shape index (κ3) is 3.59. The average Bonchev–Trinajstić information content (AvgIpc) is 2.17. The molecule has 0 unspecified atom stereocenters. The van der Waals surface area contributed by atoms with Gasteiger partial charge in [-0.3, -0.25) is 4.79 Å². The minimum absolute atomic E-state index is 0.0898. The van der Waals surface area contributed by atoms with Crippen LogP contribution in [0.3, 0.4) is 0 Å². The first-order chi connectivity index (χ1) is 7.30. The standard InChI is InChI=1S/C10H7BrF4O/c11-7-2-3-8(12)6(5-7)1-4-9(16)10(13,14)15/h2-3,5H,1,4H2. The van der Waals surface area contributed by atoms with Crippen molar-refractivity contribution in [2.75, 3.05) is 0 Å². The molecule has 0 aromatic heterocycles. The second kappa shape index (κ2) is 4.95. The average molecular weight is 299 g/mol. The molecule has 0 amide bonds. The minimum atomic E-state index is -4.84. The molecule has 6 heteroatoms. The van der Waals surface area contributed by atoms with Crippen molar-refractivity contribution in [1.82, 2.24) is 0 Å². The third-order valence-electron chi connectivity index (χ3n) is 1.95. The SMILES string of the molecule is O=C(CCc1cc(Br)ccc1F)C(F)(F)F. The molecule has 0 spiro atoms. The summed E-state index contributed by atoms with van der Waals surface area (Å²) in [4.78, 5) is 10.6. The van der Waals surface area contributed by atoms with Gasteiger partial charge in [0.05, 0.1) is 0 Å². The molecule has 1 aromatic rings. The van der Waals surface area contributed by atoms with E-state index in [1.54, 1.807) is 0 Å². The highest BCUT2D eigenvalue weighted by molar-refractivity contribution is 9.10. The fraction of sp³-hybridized carbons (Fsp3) is 0.300. The molecule has 0 aliphatic heterocycles. The Hall–Kier alpha value is -0.910. The van der Waals surface area contributed by atoms with Crippen LogP contribution < -0.4 is 0 Å². The van der Waals surface area contributed by atoms with Gasteiger partial charge in [0.15, 0.2) is 0 Å². The summed E-state index contributed by atoms with van der Waals surface area (Å²) in [6, 6.07) is 3.93. The van der Waals surface area contributed by atoms with Crippen LogP contribution in [0.1, 0.15) is 12.0 Å².